The van der Waals surface area contributed by atoms with Gasteiger partial charge in [-0.3, -0.25) is 4.98 Å². The van der Waals surface area contributed by atoms with E-state index in [1.54, 1.807) is 6.20 Å². The molecule has 3 nitrogen and oxygen atoms in total. The van der Waals surface area contributed by atoms with Crippen LogP contribution in [0.3, 0.4) is 0 Å². The van der Waals surface area contributed by atoms with Crippen molar-refractivity contribution in [3.8, 4) is 0 Å². The second kappa shape index (κ2) is 5.24. The van der Waals surface area contributed by atoms with Gasteiger partial charge in [-0.2, -0.15) is 0 Å². The first kappa shape index (κ1) is 12.5. The van der Waals surface area contributed by atoms with Crippen molar-refractivity contribution in [3.05, 3.63) is 65.7 Å². The first-order valence-corrected chi connectivity index (χ1v) is 7.54. The van der Waals surface area contributed by atoms with Crippen molar-refractivity contribution in [2.24, 2.45) is 0 Å². The molecule has 2 aromatic heterocycles. The molecule has 3 heteroatoms. The standard InChI is InChI=1S/C18H17N3/c1-2-8-15-13(5-1)6-3-7-14(15)11-18-20-12-17-16(21-18)9-4-10-19-17/h1-2,4-5,8-10,12,14H,3,6-7,11H2. The highest BCUT2D eigenvalue weighted by Crippen LogP contribution is 2.33. The van der Waals surface area contributed by atoms with Gasteiger partial charge in [-0.25, -0.2) is 9.97 Å². The van der Waals surface area contributed by atoms with Crippen LogP contribution in [0.5, 0.6) is 0 Å². The second-order valence-corrected chi connectivity index (χ2v) is 5.69. The Balaban J connectivity index is 1.66. The smallest absolute Gasteiger partial charge is 0.129 e. The third-order valence-electron chi connectivity index (χ3n) is 4.32. The van der Waals surface area contributed by atoms with Crippen LogP contribution in [0.2, 0.25) is 0 Å². The highest BCUT2D eigenvalue weighted by atomic mass is 14.9. The van der Waals surface area contributed by atoms with E-state index in [1.165, 1.54) is 30.4 Å². The maximum Gasteiger partial charge on any atom is 0.129 e. The van der Waals surface area contributed by atoms with Crippen molar-refractivity contribution < 1.29 is 0 Å². The van der Waals surface area contributed by atoms with Gasteiger partial charge in [-0.05, 0) is 48.4 Å². The van der Waals surface area contributed by atoms with Crippen LogP contribution in [0.4, 0.5) is 0 Å². The molecular weight excluding hydrogens is 258 g/mol. The monoisotopic (exact) mass is 275 g/mol. The summed E-state index contributed by atoms with van der Waals surface area (Å²) in [7, 11) is 0. The molecule has 0 saturated carbocycles. The van der Waals surface area contributed by atoms with E-state index in [0.29, 0.717) is 5.92 Å². The van der Waals surface area contributed by atoms with Gasteiger partial charge in [0.1, 0.15) is 11.3 Å². The fourth-order valence-electron chi connectivity index (χ4n) is 3.29. The number of nitrogens with zero attached hydrogens (tertiary/aromatic N) is 3. The summed E-state index contributed by atoms with van der Waals surface area (Å²) in [6, 6.07) is 12.7. The predicted molar refractivity (Wildman–Crippen MR) is 83.2 cm³/mol. The van der Waals surface area contributed by atoms with Crippen molar-refractivity contribution in [3.63, 3.8) is 0 Å². The Kier molecular flexibility index (Phi) is 3.11. The molecule has 0 aliphatic heterocycles. The van der Waals surface area contributed by atoms with E-state index in [0.717, 1.165) is 23.3 Å². The van der Waals surface area contributed by atoms with Crippen LogP contribution in [0.25, 0.3) is 11.0 Å². The van der Waals surface area contributed by atoms with Gasteiger partial charge in [0.15, 0.2) is 0 Å². The fourth-order valence-corrected chi connectivity index (χ4v) is 3.29. The summed E-state index contributed by atoms with van der Waals surface area (Å²) in [6.45, 7) is 0. The summed E-state index contributed by atoms with van der Waals surface area (Å²) in [6.07, 6.45) is 8.23. The van der Waals surface area contributed by atoms with Gasteiger partial charge >= 0.3 is 0 Å². The Hall–Kier alpha value is -2.29. The van der Waals surface area contributed by atoms with Crippen molar-refractivity contribution in [2.75, 3.05) is 0 Å². The Labute approximate surface area is 124 Å². The van der Waals surface area contributed by atoms with Crippen LogP contribution in [-0.4, -0.2) is 15.0 Å². The highest BCUT2D eigenvalue weighted by Gasteiger charge is 2.21. The Morgan fingerprint density at radius 2 is 1.95 bits per heavy atom. The predicted octanol–water partition coefficient (Wildman–Crippen LogP) is 3.69. The number of benzene rings is 1. The molecule has 3 aromatic rings. The SMILES string of the molecule is c1ccc2c(c1)CCCC2Cc1ncc2ncccc2n1. The lowest BCUT2D eigenvalue weighted by molar-refractivity contribution is 0.540. The fraction of sp³-hybridized carbons (Fsp3) is 0.278. The average Bonchev–Trinajstić information content (AvgIpc) is 2.55. The van der Waals surface area contributed by atoms with Gasteiger partial charge in [0.25, 0.3) is 0 Å². The number of hydrogen-bond donors (Lipinski definition) is 0. The molecule has 21 heavy (non-hydrogen) atoms. The maximum atomic E-state index is 4.67. The van der Waals surface area contributed by atoms with Crippen molar-refractivity contribution in [2.45, 2.75) is 31.6 Å². The van der Waals surface area contributed by atoms with E-state index in [2.05, 4.69) is 39.2 Å². The molecule has 0 amide bonds. The third kappa shape index (κ3) is 2.40. The molecule has 1 aromatic carbocycles. The van der Waals surface area contributed by atoms with Crippen molar-refractivity contribution in [1.82, 2.24) is 15.0 Å². The summed E-state index contributed by atoms with van der Waals surface area (Å²) >= 11 is 0. The largest absolute Gasteiger partial charge is 0.253 e. The second-order valence-electron chi connectivity index (χ2n) is 5.69. The molecule has 0 spiro atoms. The van der Waals surface area contributed by atoms with Crippen LogP contribution >= 0.6 is 0 Å². The first-order chi connectivity index (χ1) is 10.4. The molecule has 0 saturated heterocycles. The summed E-state index contributed by atoms with van der Waals surface area (Å²) in [5, 5.41) is 0. The van der Waals surface area contributed by atoms with Crippen LogP contribution < -0.4 is 0 Å². The highest BCUT2D eigenvalue weighted by molar-refractivity contribution is 5.72. The Morgan fingerprint density at radius 1 is 1.00 bits per heavy atom. The summed E-state index contributed by atoms with van der Waals surface area (Å²) in [5.74, 6) is 1.47. The molecule has 2 heterocycles. The minimum Gasteiger partial charge on any atom is -0.253 e. The lowest BCUT2D eigenvalue weighted by Crippen LogP contribution is -2.13. The quantitative estimate of drug-likeness (QED) is 0.716. The van der Waals surface area contributed by atoms with Crippen LogP contribution in [0.15, 0.2) is 48.8 Å². The Morgan fingerprint density at radius 3 is 2.95 bits per heavy atom. The summed E-state index contributed by atoms with van der Waals surface area (Å²) < 4.78 is 0. The average molecular weight is 275 g/mol. The number of rotatable bonds is 2. The van der Waals surface area contributed by atoms with Crippen LogP contribution in [0.1, 0.15) is 35.7 Å². The molecule has 1 atom stereocenters. The summed E-state index contributed by atoms with van der Waals surface area (Å²) in [4.78, 5) is 13.4. The number of aromatic nitrogens is 3. The normalized spacial score (nSPS) is 17.6. The van der Waals surface area contributed by atoms with Crippen LogP contribution in [-0.2, 0) is 12.8 Å². The van der Waals surface area contributed by atoms with Gasteiger partial charge in [0.2, 0.25) is 0 Å². The molecule has 104 valence electrons. The van der Waals surface area contributed by atoms with Gasteiger partial charge in [0.05, 0.1) is 11.7 Å². The minimum atomic E-state index is 0.545. The lowest BCUT2D eigenvalue weighted by atomic mass is 9.81. The lowest BCUT2D eigenvalue weighted by Gasteiger charge is -2.24. The molecule has 0 radical (unpaired) electrons. The minimum absolute atomic E-state index is 0.545. The molecule has 0 N–H and O–H groups in total. The topological polar surface area (TPSA) is 38.7 Å². The van der Waals surface area contributed by atoms with Crippen molar-refractivity contribution in [1.29, 1.82) is 0 Å². The third-order valence-corrected chi connectivity index (χ3v) is 4.32. The van der Waals surface area contributed by atoms with Crippen molar-refractivity contribution >= 4 is 11.0 Å². The van der Waals surface area contributed by atoms with E-state index in [-0.39, 0.29) is 0 Å². The molecule has 0 bridgehead atoms. The number of pyridine rings is 1. The Bertz CT molecular complexity index is 782. The number of aryl methyl sites for hydroxylation is 1. The number of hydrogen-bond acceptors (Lipinski definition) is 3. The molecule has 1 aliphatic carbocycles. The van der Waals surface area contributed by atoms with E-state index in [4.69, 9.17) is 0 Å². The van der Waals surface area contributed by atoms with Crippen LogP contribution in [0, 0.1) is 0 Å². The van der Waals surface area contributed by atoms with Gasteiger partial charge in [-0.15, -0.1) is 0 Å². The van der Waals surface area contributed by atoms with E-state index in [1.807, 2.05) is 18.3 Å². The van der Waals surface area contributed by atoms with E-state index in [9.17, 15) is 0 Å². The zero-order valence-corrected chi connectivity index (χ0v) is 11.9. The molecule has 4 rings (SSSR count). The van der Waals surface area contributed by atoms with Gasteiger partial charge in [-0.1, -0.05) is 24.3 Å². The van der Waals surface area contributed by atoms with Gasteiger partial charge < -0.3 is 0 Å². The first-order valence-electron chi connectivity index (χ1n) is 7.54. The molecule has 1 aliphatic rings. The zero-order valence-electron chi connectivity index (χ0n) is 11.9. The molecule has 0 fully saturated rings. The zero-order chi connectivity index (χ0) is 14.1. The van der Waals surface area contributed by atoms with Gasteiger partial charge in [0, 0.05) is 12.6 Å². The number of fused-ring (bicyclic) bond motifs is 2. The van der Waals surface area contributed by atoms with E-state index >= 15 is 0 Å². The molecule has 1 unspecified atom stereocenters. The molecular formula is C18H17N3. The maximum absolute atomic E-state index is 4.67. The van der Waals surface area contributed by atoms with E-state index < -0.39 is 0 Å². The summed E-state index contributed by atoms with van der Waals surface area (Å²) in [5.41, 5.74) is 4.78.